The van der Waals surface area contributed by atoms with E-state index in [1.165, 1.54) is 4.90 Å². The fraction of sp³-hybridized carbons (Fsp3) is 0.286. The van der Waals surface area contributed by atoms with Gasteiger partial charge in [-0.2, -0.15) is 0 Å². The van der Waals surface area contributed by atoms with Gasteiger partial charge in [0, 0.05) is 6.54 Å². The van der Waals surface area contributed by atoms with E-state index >= 15 is 0 Å². The predicted molar refractivity (Wildman–Crippen MR) is 100 cm³/mol. The zero-order valence-electron chi connectivity index (χ0n) is 14.9. The highest BCUT2D eigenvalue weighted by atomic mass is 16.6. The zero-order valence-corrected chi connectivity index (χ0v) is 14.9. The SMILES string of the molecule is O=C[C@H](Cc1ccccc1)NC(=O)[C@@H]1CCCN1C(=O)Oc1ccccc1. The molecule has 1 aliphatic rings. The molecule has 140 valence electrons. The first-order valence-electron chi connectivity index (χ1n) is 9.00. The Labute approximate surface area is 158 Å². The van der Waals surface area contributed by atoms with Gasteiger partial charge >= 0.3 is 6.09 Å². The quantitative estimate of drug-likeness (QED) is 0.798. The van der Waals surface area contributed by atoms with E-state index in [2.05, 4.69) is 5.32 Å². The Morgan fingerprint density at radius 2 is 1.78 bits per heavy atom. The lowest BCUT2D eigenvalue weighted by molar-refractivity contribution is -0.127. The van der Waals surface area contributed by atoms with Gasteiger partial charge in [0.1, 0.15) is 18.1 Å². The van der Waals surface area contributed by atoms with Gasteiger partial charge in [-0.25, -0.2) is 4.79 Å². The normalized spacial score (nSPS) is 17.2. The van der Waals surface area contributed by atoms with Crippen LogP contribution in [0.2, 0.25) is 0 Å². The molecule has 0 unspecified atom stereocenters. The van der Waals surface area contributed by atoms with Gasteiger partial charge in [-0.05, 0) is 37.0 Å². The summed E-state index contributed by atoms with van der Waals surface area (Å²) in [5.41, 5.74) is 0.960. The largest absolute Gasteiger partial charge is 0.415 e. The molecule has 1 fully saturated rings. The van der Waals surface area contributed by atoms with E-state index in [9.17, 15) is 14.4 Å². The lowest BCUT2D eigenvalue weighted by atomic mass is 10.1. The van der Waals surface area contributed by atoms with Gasteiger partial charge in [0.05, 0.1) is 6.04 Å². The van der Waals surface area contributed by atoms with Gasteiger partial charge in [-0.3, -0.25) is 9.69 Å². The molecule has 0 aromatic heterocycles. The van der Waals surface area contributed by atoms with Crippen molar-refractivity contribution in [2.24, 2.45) is 0 Å². The van der Waals surface area contributed by atoms with Crippen LogP contribution in [0.5, 0.6) is 5.75 Å². The van der Waals surface area contributed by atoms with E-state index in [-0.39, 0.29) is 5.91 Å². The number of hydrogen-bond acceptors (Lipinski definition) is 4. The molecule has 6 heteroatoms. The van der Waals surface area contributed by atoms with Crippen molar-refractivity contribution in [3.63, 3.8) is 0 Å². The molecule has 1 heterocycles. The molecule has 0 saturated carbocycles. The predicted octanol–water partition coefficient (Wildman–Crippen LogP) is 2.58. The number of nitrogens with one attached hydrogen (secondary N) is 1. The van der Waals surface area contributed by atoms with Crippen LogP contribution in [0.4, 0.5) is 4.79 Å². The van der Waals surface area contributed by atoms with Crippen LogP contribution < -0.4 is 10.1 Å². The topological polar surface area (TPSA) is 75.7 Å². The molecule has 3 rings (SSSR count). The van der Waals surface area contributed by atoms with E-state index in [1.807, 2.05) is 36.4 Å². The number of rotatable bonds is 6. The van der Waals surface area contributed by atoms with Gasteiger partial charge < -0.3 is 14.8 Å². The molecule has 1 saturated heterocycles. The summed E-state index contributed by atoms with van der Waals surface area (Å²) >= 11 is 0. The van der Waals surface area contributed by atoms with E-state index in [1.54, 1.807) is 24.3 Å². The number of nitrogens with zero attached hydrogens (tertiary/aromatic N) is 1. The number of carbonyl (C=O) groups excluding carboxylic acids is 3. The summed E-state index contributed by atoms with van der Waals surface area (Å²) in [7, 11) is 0. The third-order valence-electron chi connectivity index (χ3n) is 4.53. The maximum atomic E-state index is 12.7. The average Bonchev–Trinajstić information content (AvgIpc) is 3.19. The lowest BCUT2D eigenvalue weighted by Crippen LogP contribution is -2.50. The van der Waals surface area contributed by atoms with Crippen LogP contribution in [0.25, 0.3) is 0 Å². The Morgan fingerprint density at radius 3 is 2.44 bits per heavy atom. The zero-order chi connectivity index (χ0) is 19.1. The molecule has 27 heavy (non-hydrogen) atoms. The molecule has 2 aromatic carbocycles. The van der Waals surface area contributed by atoms with Crippen molar-refractivity contribution in [3.8, 4) is 5.75 Å². The van der Waals surface area contributed by atoms with E-state index in [0.29, 0.717) is 31.6 Å². The number of amides is 2. The van der Waals surface area contributed by atoms with Crippen molar-refractivity contribution in [3.05, 3.63) is 66.2 Å². The first-order valence-corrected chi connectivity index (χ1v) is 9.00. The molecule has 2 atom stereocenters. The Kier molecular flexibility index (Phi) is 6.20. The number of ether oxygens (including phenoxy) is 1. The highest BCUT2D eigenvalue weighted by molar-refractivity contribution is 5.88. The number of likely N-dealkylation sites (tertiary alicyclic amines) is 1. The van der Waals surface area contributed by atoms with Crippen molar-refractivity contribution < 1.29 is 19.1 Å². The maximum absolute atomic E-state index is 12.7. The first kappa shape index (κ1) is 18.6. The highest BCUT2D eigenvalue weighted by Gasteiger charge is 2.36. The number of aldehydes is 1. The number of carbonyl (C=O) groups is 3. The van der Waals surface area contributed by atoms with Crippen LogP contribution in [-0.2, 0) is 16.0 Å². The van der Waals surface area contributed by atoms with Gasteiger partial charge in [-0.1, -0.05) is 48.5 Å². The third kappa shape index (κ3) is 4.94. The maximum Gasteiger partial charge on any atom is 0.415 e. The standard InChI is InChI=1S/C21H22N2O4/c24-15-17(14-16-8-3-1-4-9-16)22-20(25)19-12-7-13-23(19)21(26)27-18-10-5-2-6-11-18/h1-6,8-11,15,17,19H,7,12-14H2,(H,22,25)/t17-,19-/m0/s1. The summed E-state index contributed by atoms with van der Waals surface area (Å²) in [6.45, 7) is 0.453. The van der Waals surface area contributed by atoms with Crippen LogP contribution in [0, 0.1) is 0 Å². The fourth-order valence-corrected chi connectivity index (χ4v) is 3.19. The van der Waals surface area contributed by atoms with Crippen LogP contribution in [-0.4, -0.2) is 41.8 Å². The van der Waals surface area contributed by atoms with Gasteiger partial charge in [0.15, 0.2) is 0 Å². The molecule has 2 amide bonds. The lowest BCUT2D eigenvalue weighted by Gasteiger charge is -2.24. The van der Waals surface area contributed by atoms with E-state index < -0.39 is 18.2 Å². The van der Waals surface area contributed by atoms with E-state index in [0.717, 1.165) is 11.8 Å². The monoisotopic (exact) mass is 366 g/mol. The second-order valence-electron chi connectivity index (χ2n) is 6.47. The van der Waals surface area contributed by atoms with Crippen LogP contribution in [0.1, 0.15) is 18.4 Å². The summed E-state index contributed by atoms with van der Waals surface area (Å²) in [5.74, 6) is 0.106. The molecule has 6 nitrogen and oxygen atoms in total. The number of para-hydroxylation sites is 1. The Balaban J connectivity index is 1.60. The molecule has 0 aliphatic carbocycles. The second-order valence-corrected chi connectivity index (χ2v) is 6.47. The molecule has 0 bridgehead atoms. The molecule has 2 aromatic rings. The van der Waals surface area contributed by atoms with Crippen LogP contribution in [0.15, 0.2) is 60.7 Å². The van der Waals surface area contributed by atoms with Crippen molar-refractivity contribution in [2.75, 3.05) is 6.54 Å². The smallest absolute Gasteiger partial charge is 0.410 e. The summed E-state index contributed by atoms with van der Waals surface area (Å²) in [5, 5.41) is 2.75. The average molecular weight is 366 g/mol. The molecule has 0 spiro atoms. The number of hydrogen-bond donors (Lipinski definition) is 1. The Morgan fingerprint density at radius 1 is 1.11 bits per heavy atom. The summed E-state index contributed by atoms with van der Waals surface area (Å²) in [6, 6.07) is 17.0. The molecule has 0 radical (unpaired) electrons. The number of benzene rings is 2. The minimum atomic E-state index is -0.632. The third-order valence-corrected chi connectivity index (χ3v) is 4.53. The van der Waals surface area contributed by atoms with Crippen LogP contribution in [0.3, 0.4) is 0 Å². The Hall–Kier alpha value is -3.15. The van der Waals surface area contributed by atoms with Crippen molar-refractivity contribution in [1.29, 1.82) is 0 Å². The van der Waals surface area contributed by atoms with E-state index in [4.69, 9.17) is 4.74 Å². The molecular formula is C21H22N2O4. The van der Waals surface area contributed by atoms with Crippen molar-refractivity contribution in [1.82, 2.24) is 10.2 Å². The minimum absolute atomic E-state index is 0.328. The molecule has 1 aliphatic heterocycles. The van der Waals surface area contributed by atoms with Gasteiger partial charge in [0.2, 0.25) is 5.91 Å². The second kappa shape index (κ2) is 8.98. The van der Waals surface area contributed by atoms with Gasteiger partial charge in [0.25, 0.3) is 0 Å². The minimum Gasteiger partial charge on any atom is -0.410 e. The summed E-state index contributed by atoms with van der Waals surface area (Å²) in [6.07, 6.45) is 1.85. The molecular weight excluding hydrogens is 344 g/mol. The highest BCUT2D eigenvalue weighted by Crippen LogP contribution is 2.20. The van der Waals surface area contributed by atoms with Gasteiger partial charge in [-0.15, -0.1) is 0 Å². The summed E-state index contributed by atoms with van der Waals surface area (Å²) < 4.78 is 5.34. The van der Waals surface area contributed by atoms with Crippen molar-refractivity contribution in [2.45, 2.75) is 31.3 Å². The first-order chi connectivity index (χ1) is 13.2. The fourth-order valence-electron chi connectivity index (χ4n) is 3.19. The van der Waals surface area contributed by atoms with Crippen LogP contribution >= 0.6 is 0 Å². The summed E-state index contributed by atoms with van der Waals surface area (Å²) in [4.78, 5) is 37.9. The Bertz CT molecular complexity index is 779. The van der Waals surface area contributed by atoms with Crippen molar-refractivity contribution >= 4 is 18.3 Å². The molecule has 1 N–H and O–H groups in total.